The molecule has 146 valence electrons. The maximum absolute atomic E-state index is 12.8. The van der Waals surface area contributed by atoms with Crippen molar-refractivity contribution in [3.05, 3.63) is 50.8 Å². The second kappa shape index (κ2) is 8.38. The number of alkyl halides is 3. The fraction of sp³-hybridized carbons (Fsp3) is 0.353. The Balaban J connectivity index is 2.23. The van der Waals surface area contributed by atoms with Gasteiger partial charge in [0.1, 0.15) is 17.1 Å². The van der Waals surface area contributed by atoms with Crippen LogP contribution in [0.25, 0.3) is 0 Å². The molecule has 6 nitrogen and oxygen atoms in total. The first-order valence-electron chi connectivity index (χ1n) is 8.03. The average molecular weight is 402 g/mol. The van der Waals surface area contributed by atoms with Gasteiger partial charge in [-0.05, 0) is 31.5 Å². The number of thiophene rings is 1. The van der Waals surface area contributed by atoms with Gasteiger partial charge in [0.05, 0.1) is 12.2 Å². The fourth-order valence-corrected chi connectivity index (χ4v) is 3.27. The Hall–Kier alpha value is -2.62. The molecule has 0 aliphatic rings. The summed E-state index contributed by atoms with van der Waals surface area (Å²) in [5.41, 5.74) is -2.50. The minimum atomic E-state index is -4.81. The van der Waals surface area contributed by atoms with Gasteiger partial charge < -0.3 is 14.6 Å². The van der Waals surface area contributed by atoms with E-state index in [0.29, 0.717) is 17.1 Å². The van der Waals surface area contributed by atoms with Gasteiger partial charge in [0.2, 0.25) is 5.91 Å². The van der Waals surface area contributed by atoms with Crippen molar-refractivity contribution in [2.75, 3.05) is 11.9 Å². The number of nitrogens with one attached hydrogen (secondary N) is 1. The third kappa shape index (κ3) is 4.97. The highest BCUT2D eigenvalue weighted by Gasteiger charge is 2.34. The van der Waals surface area contributed by atoms with Crippen molar-refractivity contribution < 1.29 is 27.5 Å². The van der Waals surface area contributed by atoms with Crippen LogP contribution in [0.5, 0.6) is 0 Å². The van der Waals surface area contributed by atoms with Gasteiger partial charge in [-0.15, -0.1) is 11.3 Å². The standard InChI is InChI=1S/C17H17F3N2O4S/c1-3-10-8-11(16(25)26-4-2)14(27-10)21-13(23)9-22-7-5-6-12(15(22)24)17(18,19)20/h5-8H,3-4,9H2,1-2H3,(H,21,23). The van der Waals surface area contributed by atoms with Crippen molar-refractivity contribution in [3.8, 4) is 0 Å². The number of carbonyl (C=O) groups excluding carboxylic acids is 2. The van der Waals surface area contributed by atoms with Crippen molar-refractivity contribution in [2.45, 2.75) is 33.0 Å². The van der Waals surface area contributed by atoms with Gasteiger partial charge in [-0.25, -0.2) is 4.79 Å². The number of aryl methyl sites for hydroxylation is 1. The zero-order chi connectivity index (χ0) is 20.2. The lowest BCUT2D eigenvalue weighted by Gasteiger charge is -2.10. The van der Waals surface area contributed by atoms with Crippen LogP contribution >= 0.6 is 11.3 Å². The van der Waals surface area contributed by atoms with Gasteiger partial charge in [0, 0.05) is 11.1 Å². The average Bonchev–Trinajstić information content (AvgIpc) is 2.99. The lowest BCUT2D eigenvalue weighted by molar-refractivity contribution is -0.139. The Morgan fingerprint density at radius 2 is 2.00 bits per heavy atom. The second-order valence-electron chi connectivity index (χ2n) is 5.43. The number of carbonyl (C=O) groups is 2. The van der Waals surface area contributed by atoms with Gasteiger partial charge >= 0.3 is 12.1 Å². The van der Waals surface area contributed by atoms with Gasteiger partial charge in [0.25, 0.3) is 5.56 Å². The number of amides is 1. The van der Waals surface area contributed by atoms with E-state index in [9.17, 15) is 27.6 Å². The Labute approximate surface area is 156 Å². The van der Waals surface area contributed by atoms with Crippen molar-refractivity contribution in [1.82, 2.24) is 4.57 Å². The smallest absolute Gasteiger partial charge is 0.421 e. The van der Waals surface area contributed by atoms with E-state index in [1.807, 2.05) is 6.92 Å². The van der Waals surface area contributed by atoms with Crippen LogP contribution in [-0.4, -0.2) is 23.1 Å². The summed E-state index contributed by atoms with van der Waals surface area (Å²) in [5.74, 6) is -1.34. The lowest BCUT2D eigenvalue weighted by Crippen LogP contribution is -2.32. The molecule has 1 N–H and O–H groups in total. The van der Waals surface area contributed by atoms with E-state index >= 15 is 0 Å². The molecule has 1 amide bonds. The predicted octanol–water partition coefficient (Wildman–Crippen LogP) is 3.31. The highest BCUT2D eigenvalue weighted by molar-refractivity contribution is 7.16. The summed E-state index contributed by atoms with van der Waals surface area (Å²) < 4.78 is 44.0. The Bertz CT molecular complexity index is 902. The molecule has 0 unspecified atom stereocenters. The van der Waals surface area contributed by atoms with E-state index in [1.54, 1.807) is 13.0 Å². The number of hydrogen-bond donors (Lipinski definition) is 1. The summed E-state index contributed by atoms with van der Waals surface area (Å²) in [6, 6.07) is 3.29. The van der Waals surface area contributed by atoms with Gasteiger partial charge in [-0.2, -0.15) is 13.2 Å². The van der Waals surface area contributed by atoms with E-state index in [2.05, 4.69) is 5.32 Å². The van der Waals surface area contributed by atoms with Crippen LogP contribution < -0.4 is 10.9 Å². The summed E-state index contributed by atoms with van der Waals surface area (Å²) in [7, 11) is 0. The lowest BCUT2D eigenvalue weighted by atomic mass is 10.2. The molecule has 27 heavy (non-hydrogen) atoms. The van der Waals surface area contributed by atoms with Gasteiger partial charge in [0.15, 0.2) is 0 Å². The van der Waals surface area contributed by atoms with E-state index in [0.717, 1.165) is 28.5 Å². The molecule has 2 heterocycles. The summed E-state index contributed by atoms with van der Waals surface area (Å²) >= 11 is 1.16. The molecule has 2 aromatic rings. The fourth-order valence-electron chi connectivity index (χ4n) is 2.27. The van der Waals surface area contributed by atoms with Crippen molar-refractivity contribution in [3.63, 3.8) is 0 Å². The summed E-state index contributed by atoms with van der Waals surface area (Å²) in [6.45, 7) is 3.05. The molecular formula is C17H17F3N2O4S. The minimum absolute atomic E-state index is 0.156. The third-order valence-electron chi connectivity index (χ3n) is 3.52. The second-order valence-corrected chi connectivity index (χ2v) is 6.57. The molecule has 0 fully saturated rings. The number of aromatic nitrogens is 1. The molecule has 0 aromatic carbocycles. The molecule has 2 aromatic heterocycles. The molecule has 0 aliphatic heterocycles. The maximum Gasteiger partial charge on any atom is 0.421 e. The Kier molecular flexibility index (Phi) is 6.42. The minimum Gasteiger partial charge on any atom is -0.462 e. The monoisotopic (exact) mass is 402 g/mol. The normalized spacial score (nSPS) is 11.3. The summed E-state index contributed by atoms with van der Waals surface area (Å²) in [4.78, 5) is 37.0. The van der Waals surface area contributed by atoms with E-state index in [1.165, 1.54) is 0 Å². The van der Waals surface area contributed by atoms with Crippen LogP contribution in [-0.2, 0) is 28.7 Å². The molecule has 2 rings (SSSR count). The zero-order valence-corrected chi connectivity index (χ0v) is 15.4. The Morgan fingerprint density at radius 1 is 1.30 bits per heavy atom. The molecule has 0 saturated carbocycles. The SMILES string of the molecule is CCOC(=O)c1cc(CC)sc1NC(=O)Cn1cccc(C(F)(F)F)c1=O. The Morgan fingerprint density at radius 3 is 2.59 bits per heavy atom. The van der Waals surface area contributed by atoms with E-state index in [4.69, 9.17) is 4.74 Å². The number of halogens is 3. The number of nitrogens with zero attached hydrogens (tertiary/aromatic N) is 1. The van der Waals surface area contributed by atoms with Gasteiger partial charge in [-0.1, -0.05) is 6.92 Å². The van der Waals surface area contributed by atoms with Crippen LogP contribution in [0.15, 0.2) is 29.2 Å². The summed E-state index contributed by atoms with van der Waals surface area (Å²) in [5, 5.41) is 2.71. The zero-order valence-electron chi connectivity index (χ0n) is 14.6. The number of anilines is 1. The highest BCUT2D eigenvalue weighted by Crippen LogP contribution is 2.29. The number of esters is 1. The number of hydrogen-bond acceptors (Lipinski definition) is 5. The highest BCUT2D eigenvalue weighted by atomic mass is 32.1. The molecule has 0 aliphatic carbocycles. The number of rotatable bonds is 6. The number of pyridine rings is 1. The van der Waals surface area contributed by atoms with Crippen LogP contribution in [0.2, 0.25) is 0 Å². The molecule has 0 spiro atoms. The third-order valence-corrected chi connectivity index (χ3v) is 4.71. The molecule has 10 heteroatoms. The molecule has 0 radical (unpaired) electrons. The molecular weight excluding hydrogens is 385 g/mol. The first-order valence-corrected chi connectivity index (χ1v) is 8.85. The molecule has 0 saturated heterocycles. The van der Waals surface area contributed by atoms with Gasteiger partial charge in [-0.3, -0.25) is 9.59 Å². The van der Waals surface area contributed by atoms with Crippen molar-refractivity contribution in [1.29, 1.82) is 0 Å². The van der Waals surface area contributed by atoms with E-state index in [-0.39, 0.29) is 17.2 Å². The van der Waals surface area contributed by atoms with E-state index < -0.39 is 35.7 Å². The van der Waals surface area contributed by atoms with Crippen LogP contribution in [0, 0.1) is 0 Å². The topological polar surface area (TPSA) is 77.4 Å². The maximum atomic E-state index is 12.8. The first kappa shape index (κ1) is 20.7. The van der Waals surface area contributed by atoms with Crippen LogP contribution in [0.3, 0.4) is 0 Å². The number of ether oxygens (including phenoxy) is 1. The molecule has 0 bridgehead atoms. The van der Waals surface area contributed by atoms with Crippen LogP contribution in [0.1, 0.15) is 34.6 Å². The quantitative estimate of drug-likeness (QED) is 0.752. The van der Waals surface area contributed by atoms with Crippen molar-refractivity contribution in [2.24, 2.45) is 0 Å². The van der Waals surface area contributed by atoms with Crippen molar-refractivity contribution >= 4 is 28.2 Å². The molecule has 0 atom stereocenters. The van der Waals surface area contributed by atoms with Crippen LogP contribution in [0.4, 0.5) is 18.2 Å². The largest absolute Gasteiger partial charge is 0.462 e. The summed E-state index contributed by atoms with van der Waals surface area (Å²) in [6.07, 6.45) is -3.09. The predicted molar refractivity (Wildman–Crippen MR) is 94.0 cm³/mol. The first-order chi connectivity index (χ1) is 12.7.